The van der Waals surface area contributed by atoms with Gasteiger partial charge in [0.15, 0.2) is 0 Å². The maximum absolute atomic E-state index is 10.2. The van der Waals surface area contributed by atoms with Gasteiger partial charge in [-0.3, -0.25) is 0 Å². The number of nitrogens with zero attached hydrogens (tertiary/aromatic N) is 1. The number of methoxy groups -OCH3 is 1. The van der Waals surface area contributed by atoms with E-state index in [0.29, 0.717) is 5.57 Å². The molecular formula is C18H17NO2. The van der Waals surface area contributed by atoms with Crippen LogP contribution in [0, 0.1) is 0 Å². The summed E-state index contributed by atoms with van der Waals surface area (Å²) in [6, 6.07) is 18.6. The normalized spacial score (nSPS) is 9.81. The molecule has 3 nitrogen and oxygen atoms in total. The Bertz CT molecular complexity index is 688. The van der Waals surface area contributed by atoms with E-state index >= 15 is 0 Å². The van der Waals surface area contributed by atoms with E-state index in [-0.39, 0.29) is 5.97 Å². The summed E-state index contributed by atoms with van der Waals surface area (Å²) in [5.74, 6) is -0.347. The lowest BCUT2D eigenvalue weighted by Gasteiger charge is -1.99. The minimum Gasteiger partial charge on any atom is -0.466 e. The molecule has 0 bridgehead atoms. The van der Waals surface area contributed by atoms with Crippen molar-refractivity contribution in [3.05, 3.63) is 66.7 Å². The molecule has 3 rings (SSSR count). The predicted molar refractivity (Wildman–Crippen MR) is 86.1 cm³/mol. The van der Waals surface area contributed by atoms with Gasteiger partial charge in [-0.1, -0.05) is 43.0 Å². The third-order valence-corrected chi connectivity index (χ3v) is 2.96. The summed E-state index contributed by atoms with van der Waals surface area (Å²) in [7, 11) is 1.33. The predicted octanol–water partition coefficient (Wildman–Crippen LogP) is 4.12. The number of carbonyl (C=O) groups excluding carboxylic acids is 1. The lowest BCUT2D eigenvalue weighted by molar-refractivity contribution is -0.136. The zero-order valence-electron chi connectivity index (χ0n) is 12.2. The molecular weight excluding hydrogens is 262 g/mol. The number of para-hydroxylation sites is 2. The van der Waals surface area contributed by atoms with Gasteiger partial charge in [-0.05, 0) is 25.1 Å². The number of rotatable bonds is 1. The number of hydrogen-bond acceptors (Lipinski definition) is 3. The van der Waals surface area contributed by atoms with Gasteiger partial charge in [0.1, 0.15) is 0 Å². The number of esters is 1. The van der Waals surface area contributed by atoms with Crippen molar-refractivity contribution in [2.24, 2.45) is 0 Å². The molecule has 0 N–H and O–H groups in total. The molecule has 0 aliphatic carbocycles. The molecule has 0 fully saturated rings. The second-order valence-corrected chi connectivity index (χ2v) is 4.65. The van der Waals surface area contributed by atoms with Gasteiger partial charge in [0.2, 0.25) is 0 Å². The third-order valence-electron chi connectivity index (χ3n) is 2.96. The number of aromatic nitrogens is 1. The van der Waals surface area contributed by atoms with E-state index in [0.717, 1.165) is 11.0 Å². The molecule has 2 aromatic carbocycles. The molecule has 3 aromatic rings. The summed E-state index contributed by atoms with van der Waals surface area (Å²) in [4.78, 5) is 14.8. The molecule has 0 aliphatic rings. The van der Waals surface area contributed by atoms with Gasteiger partial charge in [-0.25, -0.2) is 9.78 Å². The van der Waals surface area contributed by atoms with Crippen LogP contribution in [0.25, 0.3) is 21.8 Å². The fourth-order valence-electron chi connectivity index (χ4n) is 1.89. The molecule has 0 amide bonds. The third kappa shape index (κ3) is 3.66. The van der Waals surface area contributed by atoms with E-state index in [2.05, 4.69) is 34.5 Å². The molecule has 0 unspecified atom stereocenters. The molecule has 106 valence electrons. The lowest BCUT2D eigenvalue weighted by atomic mass is 10.1. The van der Waals surface area contributed by atoms with Crippen molar-refractivity contribution in [3.63, 3.8) is 0 Å². The van der Waals surface area contributed by atoms with Crippen LogP contribution in [0.15, 0.2) is 66.7 Å². The topological polar surface area (TPSA) is 39.2 Å². The SMILES string of the molecule is C=C(C)C(=O)OC.c1ccc2nc3ccccc3cc2c1. The van der Waals surface area contributed by atoms with Crippen molar-refractivity contribution in [1.82, 2.24) is 4.98 Å². The first-order valence-corrected chi connectivity index (χ1v) is 6.60. The Morgan fingerprint density at radius 3 is 1.86 bits per heavy atom. The second-order valence-electron chi connectivity index (χ2n) is 4.65. The van der Waals surface area contributed by atoms with Gasteiger partial charge in [-0.2, -0.15) is 0 Å². The highest BCUT2D eigenvalue weighted by Gasteiger charge is 1.97. The van der Waals surface area contributed by atoms with E-state index in [1.165, 1.54) is 17.9 Å². The van der Waals surface area contributed by atoms with Crippen molar-refractivity contribution >= 4 is 27.8 Å². The van der Waals surface area contributed by atoms with E-state index in [9.17, 15) is 4.79 Å². The van der Waals surface area contributed by atoms with Crippen molar-refractivity contribution in [2.75, 3.05) is 7.11 Å². The van der Waals surface area contributed by atoms with Gasteiger partial charge in [-0.15, -0.1) is 0 Å². The van der Waals surface area contributed by atoms with Crippen molar-refractivity contribution in [3.8, 4) is 0 Å². The Morgan fingerprint density at radius 2 is 1.48 bits per heavy atom. The van der Waals surface area contributed by atoms with Crippen LogP contribution in [-0.2, 0) is 9.53 Å². The fourth-order valence-corrected chi connectivity index (χ4v) is 1.89. The quantitative estimate of drug-likeness (QED) is 0.382. The van der Waals surface area contributed by atoms with Crippen LogP contribution in [0.5, 0.6) is 0 Å². The minimum atomic E-state index is -0.347. The largest absolute Gasteiger partial charge is 0.466 e. The standard InChI is InChI=1S/C13H9N.C5H8O2/c1-3-7-12-10(5-1)9-11-6-2-4-8-13(11)14-12;1-4(2)5(6)7-3/h1-9H;1H2,2-3H3. The summed E-state index contributed by atoms with van der Waals surface area (Å²) < 4.78 is 4.27. The summed E-state index contributed by atoms with van der Waals surface area (Å²) in [6.45, 7) is 4.95. The second kappa shape index (κ2) is 6.66. The molecule has 0 radical (unpaired) electrons. The maximum Gasteiger partial charge on any atom is 0.332 e. The highest BCUT2D eigenvalue weighted by Crippen LogP contribution is 2.18. The molecule has 0 spiro atoms. The average molecular weight is 279 g/mol. The average Bonchev–Trinajstić information content (AvgIpc) is 2.52. The lowest BCUT2D eigenvalue weighted by Crippen LogP contribution is -1.98. The van der Waals surface area contributed by atoms with Crippen LogP contribution in [0.2, 0.25) is 0 Å². The van der Waals surface area contributed by atoms with Crippen LogP contribution in [0.4, 0.5) is 0 Å². The highest BCUT2D eigenvalue weighted by molar-refractivity contribution is 5.92. The van der Waals surface area contributed by atoms with Crippen LogP contribution >= 0.6 is 0 Å². The molecule has 1 heterocycles. The van der Waals surface area contributed by atoms with Gasteiger partial charge in [0, 0.05) is 16.3 Å². The number of fused-ring (bicyclic) bond motifs is 2. The monoisotopic (exact) mass is 279 g/mol. The first-order valence-electron chi connectivity index (χ1n) is 6.60. The van der Waals surface area contributed by atoms with Crippen molar-refractivity contribution in [1.29, 1.82) is 0 Å². The fraction of sp³-hybridized carbons (Fsp3) is 0.111. The van der Waals surface area contributed by atoms with Crippen molar-refractivity contribution < 1.29 is 9.53 Å². The van der Waals surface area contributed by atoms with Gasteiger partial charge in [0.05, 0.1) is 18.1 Å². The highest BCUT2D eigenvalue weighted by atomic mass is 16.5. The number of pyridine rings is 1. The Labute approximate surface area is 123 Å². The minimum absolute atomic E-state index is 0.347. The first-order chi connectivity index (χ1) is 10.1. The number of benzene rings is 2. The first kappa shape index (κ1) is 14.7. The van der Waals surface area contributed by atoms with E-state index in [1.54, 1.807) is 6.92 Å². The molecule has 0 saturated heterocycles. The molecule has 1 aromatic heterocycles. The van der Waals surface area contributed by atoms with Crippen molar-refractivity contribution in [2.45, 2.75) is 6.92 Å². The number of hydrogen-bond donors (Lipinski definition) is 0. The van der Waals surface area contributed by atoms with Crippen LogP contribution < -0.4 is 0 Å². The summed E-state index contributed by atoms with van der Waals surface area (Å²) in [6.07, 6.45) is 0. The Morgan fingerprint density at radius 1 is 1.00 bits per heavy atom. The van der Waals surface area contributed by atoms with E-state index in [4.69, 9.17) is 0 Å². The van der Waals surface area contributed by atoms with E-state index in [1.807, 2.05) is 36.4 Å². The number of carbonyl (C=O) groups is 1. The Hall–Kier alpha value is -2.68. The maximum atomic E-state index is 10.2. The van der Waals surface area contributed by atoms with Crippen LogP contribution in [-0.4, -0.2) is 18.1 Å². The van der Waals surface area contributed by atoms with E-state index < -0.39 is 0 Å². The number of ether oxygens (including phenoxy) is 1. The summed E-state index contributed by atoms with van der Waals surface area (Å²) >= 11 is 0. The van der Waals surface area contributed by atoms with Gasteiger partial charge in [0.25, 0.3) is 0 Å². The summed E-state index contributed by atoms with van der Waals surface area (Å²) in [5.41, 5.74) is 2.56. The molecule has 0 atom stereocenters. The molecule has 0 saturated carbocycles. The zero-order chi connectivity index (χ0) is 15.2. The van der Waals surface area contributed by atoms with Gasteiger partial charge >= 0.3 is 5.97 Å². The smallest absolute Gasteiger partial charge is 0.332 e. The molecule has 0 aliphatic heterocycles. The van der Waals surface area contributed by atoms with Crippen LogP contribution in [0.1, 0.15) is 6.92 Å². The zero-order valence-corrected chi connectivity index (χ0v) is 12.2. The molecule has 21 heavy (non-hydrogen) atoms. The molecule has 3 heteroatoms. The van der Waals surface area contributed by atoms with Gasteiger partial charge < -0.3 is 4.74 Å². The summed E-state index contributed by atoms with van der Waals surface area (Å²) in [5, 5.41) is 2.40. The Balaban J connectivity index is 0.000000199. The van der Waals surface area contributed by atoms with Crippen LogP contribution in [0.3, 0.4) is 0 Å². The Kier molecular flexibility index (Phi) is 4.67.